The molecule has 0 amide bonds. The van der Waals surface area contributed by atoms with Crippen LogP contribution >= 0.6 is 34.8 Å². The first-order chi connectivity index (χ1) is 9.97. The molecule has 0 bridgehead atoms. The molecule has 0 aliphatic rings. The third-order valence-electron chi connectivity index (χ3n) is 3.24. The van der Waals surface area contributed by atoms with Crippen molar-refractivity contribution in [2.24, 2.45) is 0 Å². The second-order valence-electron chi connectivity index (χ2n) is 4.66. The highest BCUT2D eigenvalue weighted by atomic mass is 35.5. The topological polar surface area (TPSA) is 30.2 Å². The third-order valence-corrected chi connectivity index (χ3v) is 4.00. The van der Waals surface area contributed by atoms with Crippen molar-refractivity contribution in [2.75, 3.05) is 0 Å². The van der Waals surface area contributed by atoms with Crippen LogP contribution in [0.4, 0.5) is 0 Å². The van der Waals surface area contributed by atoms with Gasteiger partial charge >= 0.3 is 0 Å². The minimum atomic E-state index is -0.148. The fourth-order valence-electron chi connectivity index (χ4n) is 2.19. The molecule has 0 spiro atoms. The lowest BCUT2D eigenvalue weighted by Gasteiger charge is -2.08. The maximum absolute atomic E-state index is 12.5. The number of fused-ring (bicyclic) bond motifs is 1. The molecule has 0 aliphatic carbocycles. The molecule has 0 N–H and O–H groups in total. The summed E-state index contributed by atoms with van der Waals surface area (Å²) in [5.41, 5.74) is 1.46. The molecule has 21 heavy (non-hydrogen) atoms. The largest absolute Gasteiger partial charge is 0.454 e. The van der Waals surface area contributed by atoms with Gasteiger partial charge < -0.3 is 4.42 Å². The van der Waals surface area contributed by atoms with E-state index < -0.39 is 0 Å². The van der Waals surface area contributed by atoms with Crippen molar-refractivity contribution in [2.45, 2.75) is 6.92 Å². The van der Waals surface area contributed by atoms with Crippen LogP contribution in [0.2, 0.25) is 15.1 Å². The van der Waals surface area contributed by atoms with Crippen molar-refractivity contribution in [3.05, 3.63) is 67.3 Å². The molecule has 5 heteroatoms. The summed E-state index contributed by atoms with van der Waals surface area (Å²) in [6.45, 7) is 1.71. The van der Waals surface area contributed by atoms with Crippen molar-refractivity contribution in [3.8, 4) is 11.3 Å². The van der Waals surface area contributed by atoms with E-state index in [9.17, 15) is 4.79 Å². The first-order valence-electron chi connectivity index (χ1n) is 6.16. The van der Waals surface area contributed by atoms with Gasteiger partial charge in [-0.2, -0.15) is 0 Å². The van der Waals surface area contributed by atoms with Gasteiger partial charge in [-0.25, -0.2) is 0 Å². The van der Waals surface area contributed by atoms with E-state index in [0.717, 1.165) is 5.56 Å². The zero-order chi connectivity index (χ0) is 15.1. The summed E-state index contributed by atoms with van der Waals surface area (Å²) in [5.74, 6) is 0.480. The molecule has 0 saturated carbocycles. The van der Waals surface area contributed by atoms with Crippen molar-refractivity contribution < 1.29 is 4.42 Å². The zero-order valence-electron chi connectivity index (χ0n) is 10.9. The monoisotopic (exact) mass is 338 g/mol. The molecule has 3 rings (SSSR count). The van der Waals surface area contributed by atoms with E-state index in [1.54, 1.807) is 43.3 Å². The summed E-state index contributed by atoms with van der Waals surface area (Å²) in [6.07, 6.45) is 0. The van der Waals surface area contributed by atoms with Gasteiger partial charge in [0.1, 0.15) is 5.76 Å². The first kappa shape index (κ1) is 14.5. The third kappa shape index (κ3) is 2.55. The molecule has 0 atom stereocenters. The normalized spacial score (nSPS) is 11.0. The number of hydrogen-bond donors (Lipinski definition) is 0. The van der Waals surface area contributed by atoms with Crippen molar-refractivity contribution in [3.63, 3.8) is 0 Å². The van der Waals surface area contributed by atoms with Gasteiger partial charge in [-0.15, -0.1) is 0 Å². The standard InChI is InChI=1S/C16H9Cl3O2/c1-8-14(20)12-6-11(18)7-13(19)16(12)21-15(8)9-2-4-10(17)5-3-9/h2-7H,1H3. The van der Waals surface area contributed by atoms with E-state index in [-0.39, 0.29) is 5.43 Å². The minimum Gasteiger partial charge on any atom is -0.454 e. The maximum atomic E-state index is 12.5. The van der Waals surface area contributed by atoms with E-state index in [1.807, 2.05) is 0 Å². The molecule has 106 valence electrons. The molecule has 0 aliphatic heterocycles. The summed E-state index contributed by atoms with van der Waals surface area (Å²) in [6, 6.07) is 10.2. The average Bonchev–Trinajstić information content (AvgIpc) is 2.44. The van der Waals surface area contributed by atoms with E-state index >= 15 is 0 Å². The van der Waals surface area contributed by atoms with Crippen molar-refractivity contribution in [1.82, 2.24) is 0 Å². The number of halogens is 3. The first-order valence-corrected chi connectivity index (χ1v) is 7.29. The Morgan fingerprint density at radius 2 is 1.62 bits per heavy atom. The molecular formula is C16H9Cl3O2. The summed E-state index contributed by atoms with van der Waals surface area (Å²) >= 11 is 18.0. The van der Waals surface area contributed by atoms with Crippen molar-refractivity contribution >= 4 is 45.8 Å². The van der Waals surface area contributed by atoms with Crippen LogP contribution < -0.4 is 5.43 Å². The fraction of sp³-hybridized carbons (Fsp3) is 0.0625. The minimum absolute atomic E-state index is 0.148. The Morgan fingerprint density at radius 1 is 0.952 bits per heavy atom. The van der Waals surface area contributed by atoms with Crippen molar-refractivity contribution in [1.29, 1.82) is 0 Å². The highest BCUT2D eigenvalue weighted by Crippen LogP contribution is 2.31. The highest BCUT2D eigenvalue weighted by molar-refractivity contribution is 6.38. The van der Waals surface area contributed by atoms with E-state index in [0.29, 0.717) is 37.4 Å². The number of benzene rings is 2. The SMILES string of the molecule is Cc1c(-c2ccc(Cl)cc2)oc2c(Cl)cc(Cl)cc2c1=O. The van der Waals surface area contributed by atoms with Crippen LogP contribution in [0, 0.1) is 6.92 Å². The Hall–Kier alpha value is -1.48. The Bertz CT molecular complexity index is 896. The van der Waals surface area contributed by atoms with Gasteiger partial charge in [0.15, 0.2) is 11.0 Å². The Balaban J connectivity index is 2.37. The molecule has 0 saturated heterocycles. The molecule has 0 unspecified atom stereocenters. The lowest BCUT2D eigenvalue weighted by molar-refractivity contribution is 0.614. The average molecular weight is 340 g/mol. The van der Waals surface area contributed by atoms with Gasteiger partial charge in [-0.05, 0) is 43.3 Å². The van der Waals surface area contributed by atoms with Crippen LogP contribution in [0.5, 0.6) is 0 Å². The predicted molar refractivity (Wildman–Crippen MR) is 87.7 cm³/mol. The Kier molecular flexibility index (Phi) is 3.70. The van der Waals surface area contributed by atoms with E-state index in [4.69, 9.17) is 39.2 Å². The molecular weight excluding hydrogens is 331 g/mol. The lowest BCUT2D eigenvalue weighted by atomic mass is 10.1. The van der Waals surface area contributed by atoms with Crippen LogP contribution in [0.15, 0.2) is 45.6 Å². The van der Waals surface area contributed by atoms with Gasteiger partial charge in [0.2, 0.25) is 0 Å². The van der Waals surface area contributed by atoms with Crippen LogP contribution in [0.25, 0.3) is 22.3 Å². The summed E-state index contributed by atoms with van der Waals surface area (Å²) in [7, 11) is 0. The van der Waals surface area contributed by atoms with Gasteiger partial charge in [0.25, 0.3) is 0 Å². The van der Waals surface area contributed by atoms with E-state index in [2.05, 4.69) is 0 Å². The second-order valence-corrected chi connectivity index (χ2v) is 5.94. The molecule has 2 aromatic carbocycles. The number of hydrogen-bond acceptors (Lipinski definition) is 2. The fourth-order valence-corrected chi connectivity index (χ4v) is 2.85. The molecule has 2 nitrogen and oxygen atoms in total. The summed E-state index contributed by atoms with van der Waals surface area (Å²) < 4.78 is 5.85. The van der Waals surface area contributed by atoms with Crippen LogP contribution in [0.3, 0.4) is 0 Å². The molecule has 1 heterocycles. The Labute approximate surface area is 135 Å². The molecule has 1 aromatic heterocycles. The van der Waals surface area contributed by atoms with Gasteiger partial charge in [0.05, 0.1) is 10.4 Å². The predicted octanol–water partition coefficient (Wildman–Crippen LogP) is 5.73. The molecule has 0 radical (unpaired) electrons. The Morgan fingerprint density at radius 3 is 2.29 bits per heavy atom. The van der Waals surface area contributed by atoms with Gasteiger partial charge in [0, 0.05) is 21.2 Å². The highest BCUT2D eigenvalue weighted by Gasteiger charge is 2.15. The van der Waals surface area contributed by atoms with Crippen LogP contribution in [-0.2, 0) is 0 Å². The smallest absolute Gasteiger partial charge is 0.196 e. The van der Waals surface area contributed by atoms with Crippen LogP contribution in [-0.4, -0.2) is 0 Å². The van der Waals surface area contributed by atoms with Gasteiger partial charge in [-0.1, -0.05) is 34.8 Å². The zero-order valence-corrected chi connectivity index (χ0v) is 13.2. The lowest BCUT2D eigenvalue weighted by Crippen LogP contribution is -2.07. The molecule has 0 fully saturated rings. The van der Waals surface area contributed by atoms with Crippen LogP contribution in [0.1, 0.15) is 5.56 Å². The summed E-state index contributed by atoms with van der Waals surface area (Å²) in [4.78, 5) is 12.5. The summed E-state index contributed by atoms with van der Waals surface area (Å²) in [5, 5.41) is 1.70. The molecule has 3 aromatic rings. The maximum Gasteiger partial charge on any atom is 0.196 e. The van der Waals surface area contributed by atoms with Gasteiger partial charge in [-0.3, -0.25) is 4.79 Å². The number of rotatable bonds is 1. The quantitative estimate of drug-likeness (QED) is 0.567. The second kappa shape index (κ2) is 5.38. The van der Waals surface area contributed by atoms with E-state index in [1.165, 1.54) is 0 Å².